The summed E-state index contributed by atoms with van der Waals surface area (Å²) in [6.07, 6.45) is -3.99. The molecule has 0 saturated heterocycles. The molecule has 8 heteroatoms. The molecule has 4 aromatic rings. The van der Waals surface area contributed by atoms with Crippen LogP contribution in [0.25, 0.3) is 21.2 Å². The number of benzene rings is 3. The molecule has 0 fully saturated rings. The van der Waals surface area contributed by atoms with Crippen molar-refractivity contribution in [2.45, 2.75) is 19.5 Å². The van der Waals surface area contributed by atoms with Crippen LogP contribution in [-0.2, 0) is 17.4 Å². The summed E-state index contributed by atoms with van der Waals surface area (Å²) in [5.41, 5.74) is 8.04. The molecule has 0 unspecified atom stereocenters. The van der Waals surface area contributed by atoms with Gasteiger partial charge in [-0.15, -0.1) is 11.3 Å². The second kappa shape index (κ2) is 9.30. The van der Waals surface area contributed by atoms with Gasteiger partial charge in [0.2, 0.25) is 5.91 Å². The Balaban J connectivity index is 1.69. The zero-order valence-electron chi connectivity index (χ0n) is 18.2. The van der Waals surface area contributed by atoms with E-state index in [0.29, 0.717) is 17.5 Å². The van der Waals surface area contributed by atoms with Gasteiger partial charge in [-0.25, -0.2) is 0 Å². The summed E-state index contributed by atoms with van der Waals surface area (Å²) >= 11 is 1.52. The minimum atomic E-state index is -4.38. The number of hydrogen-bond donors (Lipinski definition) is 2. The van der Waals surface area contributed by atoms with Crippen LogP contribution >= 0.6 is 11.3 Å². The topological polar surface area (TPSA) is 72.2 Å². The van der Waals surface area contributed by atoms with Gasteiger partial charge in [0.25, 0.3) is 5.91 Å². The fourth-order valence-electron chi connectivity index (χ4n) is 3.91. The summed E-state index contributed by atoms with van der Waals surface area (Å²) in [5, 5.41) is 3.49. The van der Waals surface area contributed by atoms with Gasteiger partial charge in [-0.3, -0.25) is 9.59 Å². The lowest BCUT2D eigenvalue weighted by molar-refractivity contribution is -0.137. The Hall–Kier alpha value is -3.65. The monoisotopic (exact) mass is 482 g/mol. The predicted molar refractivity (Wildman–Crippen MR) is 128 cm³/mol. The van der Waals surface area contributed by atoms with Gasteiger partial charge in [0.1, 0.15) is 0 Å². The average Bonchev–Trinajstić information content (AvgIpc) is 3.20. The number of rotatable bonds is 6. The Kier molecular flexibility index (Phi) is 6.43. The molecule has 0 radical (unpaired) electrons. The van der Waals surface area contributed by atoms with Crippen LogP contribution in [0.3, 0.4) is 0 Å². The third kappa shape index (κ3) is 4.97. The number of alkyl halides is 3. The first-order chi connectivity index (χ1) is 16.1. The molecule has 1 heterocycles. The van der Waals surface area contributed by atoms with E-state index in [4.69, 9.17) is 5.73 Å². The molecule has 0 aliphatic heterocycles. The van der Waals surface area contributed by atoms with Gasteiger partial charge in [-0.05, 0) is 52.8 Å². The quantitative estimate of drug-likeness (QED) is 0.370. The minimum absolute atomic E-state index is 0.248. The predicted octanol–water partition coefficient (Wildman–Crippen LogP) is 5.70. The number of primary amides is 1. The molecule has 174 valence electrons. The summed E-state index contributed by atoms with van der Waals surface area (Å²) in [4.78, 5) is 24.5. The van der Waals surface area contributed by atoms with Crippen LogP contribution < -0.4 is 11.1 Å². The fraction of sp³-hybridized carbons (Fsp3) is 0.154. The van der Waals surface area contributed by atoms with E-state index in [1.807, 2.05) is 37.3 Å². The van der Waals surface area contributed by atoms with Gasteiger partial charge in [-0.2, -0.15) is 13.2 Å². The van der Waals surface area contributed by atoms with Crippen molar-refractivity contribution < 1.29 is 22.8 Å². The first-order valence-electron chi connectivity index (χ1n) is 10.5. The molecule has 0 atom stereocenters. The molecule has 3 N–H and O–H groups in total. The number of hydrogen-bond acceptors (Lipinski definition) is 3. The Labute approximate surface area is 198 Å². The first kappa shape index (κ1) is 23.5. The molecule has 0 spiro atoms. The third-order valence-corrected chi connectivity index (χ3v) is 6.70. The van der Waals surface area contributed by atoms with Crippen molar-refractivity contribution in [3.63, 3.8) is 0 Å². The van der Waals surface area contributed by atoms with E-state index in [-0.39, 0.29) is 12.5 Å². The number of nitrogens with two attached hydrogens (primary N) is 1. The summed E-state index contributed by atoms with van der Waals surface area (Å²) < 4.78 is 40.2. The molecule has 4 nitrogen and oxygen atoms in total. The van der Waals surface area contributed by atoms with Crippen molar-refractivity contribution in [3.8, 4) is 11.1 Å². The summed E-state index contributed by atoms with van der Waals surface area (Å²) in [5.74, 6) is -1.01. The second-order valence-corrected chi connectivity index (χ2v) is 9.08. The Morgan fingerprint density at radius 3 is 2.41 bits per heavy atom. The highest BCUT2D eigenvalue weighted by molar-refractivity contribution is 7.19. The van der Waals surface area contributed by atoms with Crippen molar-refractivity contribution in [1.82, 2.24) is 5.32 Å². The lowest BCUT2D eigenvalue weighted by atomic mass is 9.95. The van der Waals surface area contributed by atoms with E-state index in [1.54, 1.807) is 18.2 Å². The Morgan fingerprint density at radius 1 is 0.971 bits per heavy atom. The van der Waals surface area contributed by atoms with E-state index in [0.717, 1.165) is 37.7 Å². The molecule has 3 aromatic carbocycles. The van der Waals surface area contributed by atoms with Crippen molar-refractivity contribution >= 4 is 33.2 Å². The molecular formula is C26H21F3N2O2S. The number of carbonyl (C=O) groups is 2. The Bertz CT molecular complexity index is 1390. The SMILES string of the molecule is Cc1c(C(=O)NCC(N)=O)cccc1-c1cccc2cc(Cc3cccc(C(F)(F)F)c3)sc12. The zero-order chi connectivity index (χ0) is 24.5. The summed E-state index contributed by atoms with van der Waals surface area (Å²) in [7, 11) is 0. The van der Waals surface area contributed by atoms with Crippen LogP contribution in [0, 0.1) is 6.92 Å². The highest BCUT2D eigenvalue weighted by Gasteiger charge is 2.30. The lowest BCUT2D eigenvalue weighted by Crippen LogP contribution is -2.33. The van der Waals surface area contributed by atoms with Crippen molar-refractivity contribution in [3.05, 3.63) is 93.9 Å². The fourth-order valence-corrected chi connectivity index (χ4v) is 5.13. The van der Waals surface area contributed by atoms with Gasteiger partial charge >= 0.3 is 6.18 Å². The molecule has 0 bridgehead atoms. The average molecular weight is 483 g/mol. The number of halogens is 3. The summed E-state index contributed by atoms with van der Waals surface area (Å²) in [6, 6.07) is 18.6. The van der Waals surface area contributed by atoms with E-state index < -0.39 is 17.6 Å². The number of thiophene rings is 1. The third-order valence-electron chi connectivity index (χ3n) is 5.52. The van der Waals surface area contributed by atoms with Crippen LogP contribution in [0.2, 0.25) is 0 Å². The molecule has 1 aromatic heterocycles. The van der Waals surface area contributed by atoms with Gasteiger partial charge in [0, 0.05) is 21.6 Å². The molecule has 34 heavy (non-hydrogen) atoms. The largest absolute Gasteiger partial charge is 0.416 e. The normalized spacial score (nSPS) is 11.5. The maximum Gasteiger partial charge on any atom is 0.416 e. The number of carbonyl (C=O) groups excluding carboxylic acids is 2. The molecule has 0 saturated carbocycles. The van der Waals surface area contributed by atoms with Crippen LogP contribution in [0.4, 0.5) is 13.2 Å². The minimum Gasteiger partial charge on any atom is -0.368 e. The zero-order valence-corrected chi connectivity index (χ0v) is 19.0. The number of fused-ring (bicyclic) bond motifs is 1. The molecule has 4 rings (SSSR count). The maximum atomic E-state index is 13.1. The van der Waals surface area contributed by atoms with Gasteiger partial charge in [0.05, 0.1) is 12.1 Å². The second-order valence-electron chi connectivity index (χ2n) is 7.94. The smallest absolute Gasteiger partial charge is 0.368 e. The van der Waals surface area contributed by atoms with E-state index in [9.17, 15) is 22.8 Å². The maximum absolute atomic E-state index is 13.1. The van der Waals surface area contributed by atoms with E-state index >= 15 is 0 Å². The number of nitrogens with one attached hydrogen (secondary N) is 1. The molecular weight excluding hydrogens is 461 g/mol. The highest BCUT2D eigenvalue weighted by Crippen LogP contribution is 2.38. The van der Waals surface area contributed by atoms with Crippen LogP contribution in [0.5, 0.6) is 0 Å². The number of amides is 2. The Morgan fingerprint density at radius 2 is 1.68 bits per heavy atom. The highest BCUT2D eigenvalue weighted by atomic mass is 32.1. The van der Waals surface area contributed by atoms with Crippen LogP contribution in [0.15, 0.2) is 66.7 Å². The lowest BCUT2D eigenvalue weighted by Gasteiger charge is -2.12. The molecule has 0 aliphatic carbocycles. The van der Waals surface area contributed by atoms with Gasteiger partial charge in [-0.1, -0.05) is 48.5 Å². The van der Waals surface area contributed by atoms with Crippen molar-refractivity contribution in [1.29, 1.82) is 0 Å². The van der Waals surface area contributed by atoms with E-state index in [1.165, 1.54) is 23.5 Å². The van der Waals surface area contributed by atoms with Crippen molar-refractivity contribution in [2.24, 2.45) is 5.73 Å². The van der Waals surface area contributed by atoms with Crippen LogP contribution in [0.1, 0.15) is 31.9 Å². The van der Waals surface area contributed by atoms with Gasteiger partial charge in [0.15, 0.2) is 0 Å². The molecule has 2 amide bonds. The van der Waals surface area contributed by atoms with Crippen molar-refractivity contribution in [2.75, 3.05) is 6.54 Å². The van der Waals surface area contributed by atoms with E-state index in [2.05, 4.69) is 5.32 Å². The summed E-state index contributed by atoms with van der Waals surface area (Å²) in [6.45, 7) is 1.59. The van der Waals surface area contributed by atoms with Gasteiger partial charge < -0.3 is 11.1 Å². The first-order valence-corrected chi connectivity index (χ1v) is 11.3. The standard InChI is InChI=1S/C26H21F3N2O2S/c1-15-20(8-4-9-21(15)25(33)31-14-23(30)32)22-10-3-6-17-13-19(34-24(17)22)12-16-5-2-7-18(11-16)26(27,28)29/h2-11,13H,12,14H2,1H3,(H2,30,32)(H,31,33). The molecule has 0 aliphatic rings. The van der Waals surface area contributed by atoms with Crippen LogP contribution in [-0.4, -0.2) is 18.4 Å².